The summed E-state index contributed by atoms with van der Waals surface area (Å²) in [6.07, 6.45) is 6.49. The molecule has 3 heteroatoms. The first-order valence-electron chi connectivity index (χ1n) is 7.80. The van der Waals surface area contributed by atoms with Gasteiger partial charge in [0, 0.05) is 15.0 Å². The molecule has 0 radical (unpaired) electrons. The number of hydrogen-bond donors (Lipinski definition) is 1. The van der Waals surface area contributed by atoms with E-state index in [4.69, 9.17) is 0 Å². The van der Waals surface area contributed by atoms with Gasteiger partial charge < -0.3 is 5.32 Å². The molecule has 20 heavy (non-hydrogen) atoms. The zero-order valence-electron chi connectivity index (χ0n) is 12.9. The van der Waals surface area contributed by atoms with Crippen LogP contribution in [0, 0.1) is 5.92 Å². The molecule has 1 aromatic carbocycles. The first kappa shape index (κ1) is 18.2. The van der Waals surface area contributed by atoms with Crippen LogP contribution in [0.15, 0.2) is 27.1 Å². The summed E-state index contributed by atoms with van der Waals surface area (Å²) >= 11 is 7.24. The lowest BCUT2D eigenvalue weighted by atomic mass is 9.89. The van der Waals surface area contributed by atoms with Crippen molar-refractivity contribution < 1.29 is 0 Å². The Hall–Kier alpha value is 0.140. The van der Waals surface area contributed by atoms with Crippen LogP contribution < -0.4 is 5.32 Å². The van der Waals surface area contributed by atoms with E-state index in [-0.39, 0.29) is 0 Å². The van der Waals surface area contributed by atoms with Crippen molar-refractivity contribution in [2.75, 3.05) is 6.54 Å². The van der Waals surface area contributed by atoms with Crippen LogP contribution >= 0.6 is 31.9 Å². The topological polar surface area (TPSA) is 12.0 Å². The predicted octanol–water partition coefficient (Wildman–Crippen LogP) is 6.47. The maximum absolute atomic E-state index is 3.71. The van der Waals surface area contributed by atoms with Gasteiger partial charge in [-0.15, -0.1) is 0 Å². The maximum Gasteiger partial charge on any atom is 0.0333 e. The third-order valence-electron chi connectivity index (χ3n) is 3.90. The fourth-order valence-corrected chi connectivity index (χ4v) is 3.99. The summed E-state index contributed by atoms with van der Waals surface area (Å²) in [5, 5.41) is 3.66. The van der Waals surface area contributed by atoms with E-state index in [2.05, 4.69) is 76.1 Å². The minimum atomic E-state index is 0.448. The van der Waals surface area contributed by atoms with Crippen molar-refractivity contribution in [2.24, 2.45) is 5.92 Å². The van der Waals surface area contributed by atoms with Gasteiger partial charge in [0.2, 0.25) is 0 Å². The molecule has 1 nitrogen and oxygen atoms in total. The third kappa shape index (κ3) is 5.87. The molecule has 0 saturated heterocycles. The molecule has 0 saturated carbocycles. The van der Waals surface area contributed by atoms with Gasteiger partial charge in [-0.25, -0.2) is 0 Å². The van der Waals surface area contributed by atoms with E-state index in [0.29, 0.717) is 6.04 Å². The Bertz CT molecular complexity index is 393. The fraction of sp³-hybridized carbons (Fsp3) is 0.647. The van der Waals surface area contributed by atoms with Gasteiger partial charge in [-0.3, -0.25) is 0 Å². The summed E-state index contributed by atoms with van der Waals surface area (Å²) in [6, 6.07) is 6.96. The molecule has 0 fully saturated rings. The van der Waals surface area contributed by atoms with Crippen LogP contribution in [-0.4, -0.2) is 6.54 Å². The Labute approximate surface area is 141 Å². The average molecular weight is 405 g/mol. The van der Waals surface area contributed by atoms with Gasteiger partial charge in [0.05, 0.1) is 0 Å². The molecule has 114 valence electrons. The van der Waals surface area contributed by atoms with Crippen molar-refractivity contribution in [3.63, 3.8) is 0 Å². The lowest BCUT2D eigenvalue weighted by Gasteiger charge is -2.25. The Morgan fingerprint density at radius 1 is 1.15 bits per heavy atom. The standard InChI is InChI=1S/C17H27Br2N/c1-4-7-8-13(5-2)11-17(20-6-3)15-10-9-14(18)12-16(15)19/h9-10,12-13,17,20H,4-8,11H2,1-3H3. The quantitative estimate of drug-likeness (QED) is 0.497. The number of unbranched alkanes of at least 4 members (excludes halogenated alkanes) is 1. The van der Waals surface area contributed by atoms with Gasteiger partial charge in [0.1, 0.15) is 0 Å². The van der Waals surface area contributed by atoms with Crippen LogP contribution in [0.5, 0.6) is 0 Å². The van der Waals surface area contributed by atoms with E-state index in [1.54, 1.807) is 0 Å². The van der Waals surface area contributed by atoms with Crippen molar-refractivity contribution in [3.8, 4) is 0 Å². The fourth-order valence-electron chi connectivity index (χ4n) is 2.67. The van der Waals surface area contributed by atoms with Crippen LogP contribution in [0.3, 0.4) is 0 Å². The SMILES string of the molecule is CCCCC(CC)CC(NCC)c1ccc(Br)cc1Br. The largest absolute Gasteiger partial charge is 0.310 e. The highest BCUT2D eigenvalue weighted by Gasteiger charge is 2.18. The minimum absolute atomic E-state index is 0.448. The maximum atomic E-state index is 3.71. The van der Waals surface area contributed by atoms with Crippen molar-refractivity contribution in [2.45, 2.75) is 58.9 Å². The summed E-state index contributed by atoms with van der Waals surface area (Å²) < 4.78 is 2.32. The molecule has 0 spiro atoms. The summed E-state index contributed by atoms with van der Waals surface area (Å²) in [4.78, 5) is 0. The first-order valence-corrected chi connectivity index (χ1v) is 9.39. The number of hydrogen-bond acceptors (Lipinski definition) is 1. The second-order valence-corrected chi connectivity index (χ2v) is 7.20. The van der Waals surface area contributed by atoms with Gasteiger partial charge in [-0.2, -0.15) is 0 Å². The highest BCUT2D eigenvalue weighted by Crippen LogP contribution is 2.32. The average Bonchev–Trinajstić information content (AvgIpc) is 2.42. The van der Waals surface area contributed by atoms with Gasteiger partial charge in [0.25, 0.3) is 0 Å². The minimum Gasteiger partial charge on any atom is -0.310 e. The molecule has 1 aromatic rings. The van der Waals surface area contributed by atoms with E-state index < -0.39 is 0 Å². The molecule has 2 atom stereocenters. The van der Waals surface area contributed by atoms with Crippen LogP contribution in [0.25, 0.3) is 0 Å². The van der Waals surface area contributed by atoms with Crippen molar-refractivity contribution in [1.29, 1.82) is 0 Å². The molecule has 0 aliphatic heterocycles. The van der Waals surface area contributed by atoms with Crippen LogP contribution in [0.1, 0.15) is 64.5 Å². The molecule has 1 rings (SSSR count). The lowest BCUT2D eigenvalue weighted by Crippen LogP contribution is -2.24. The normalized spacial score (nSPS) is 14.2. The second-order valence-electron chi connectivity index (χ2n) is 5.43. The molecular weight excluding hydrogens is 378 g/mol. The van der Waals surface area contributed by atoms with Crippen molar-refractivity contribution in [3.05, 3.63) is 32.7 Å². The van der Waals surface area contributed by atoms with Crippen LogP contribution in [0.4, 0.5) is 0 Å². The molecule has 0 aromatic heterocycles. The Balaban J connectivity index is 2.81. The summed E-state index contributed by atoms with van der Waals surface area (Å²) in [7, 11) is 0. The van der Waals surface area contributed by atoms with E-state index in [1.807, 2.05) is 0 Å². The summed E-state index contributed by atoms with van der Waals surface area (Å²) in [5.74, 6) is 0.814. The number of nitrogens with one attached hydrogen (secondary N) is 1. The monoisotopic (exact) mass is 403 g/mol. The predicted molar refractivity (Wildman–Crippen MR) is 96.2 cm³/mol. The van der Waals surface area contributed by atoms with Gasteiger partial charge in [-0.05, 0) is 36.6 Å². The molecule has 0 heterocycles. The highest BCUT2D eigenvalue weighted by molar-refractivity contribution is 9.11. The number of benzene rings is 1. The van der Waals surface area contributed by atoms with Crippen LogP contribution in [0.2, 0.25) is 0 Å². The van der Waals surface area contributed by atoms with Gasteiger partial charge >= 0.3 is 0 Å². The number of rotatable bonds is 9. The summed E-state index contributed by atoms with van der Waals surface area (Å²) in [6.45, 7) is 7.80. The first-order chi connectivity index (χ1) is 9.62. The van der Waals surface area contributed by atoms with Crippen molar-refractivity contribution in [1.82, 2.24) is 5.32 Å². The zero-order chi connectivity index (χ0) is 15.0. The molecule has 0 aliphatic carbocycles. The summed E-state index contributed by atoms with van der Waals surface area (Å²) in [5.41, 5.74) is 1.38. The Morgan fingerprint density at radius 3 is 2.45 bits per heavy atom. The van der Waals surface area contributed by atoms with E-state index >= 15 is 0 Å². The Morgan fingerprint density at radius 2 is 1.90 bits per heavy atom. The highest BCUT2D eigenvalue weighted by atomic mass is 79.9. The molecule has 0 aliphatic rings. The lowest BCUT2D eigenvalue weighted by molar-refractivity contribution is 0.356. The Kier molecular flexibility index (Phi) is 9.06. The molecule has 0 bridgehead atoms. The van der Waals surface area contributed by atoms with Crippen molar-refractivity contribution >= 4 is 31.9 Å². The molecule has 0 amide bonds. The molecule has 1 N–H and O–H groups in total. The van der Waals surface area contributed by atoms with E-state index in [9.17, 15) is 0 Å². The third-order valence-corrected chi connectivity index (χ3v) is 5.08. The van der Waals surface area contributed by atoms with E-state index in [1.165, 1.54) is 42.1 Å². The van der Waals surface area contributed by atoms with Gasteiger partial charge in [0.15, 0.2) is 0 Å². The molecule has 2 unspecified atom stereocenters. The zero-order valence-corrected chi connectivity index (χ0v) is 16.1. The number of halogens is 2. The molecular formula is C17H27Br2N. The smallest absolute Gasteiger partial charge is 0.0333 e. The van der Waals surface area contributed by atoms with Gasteiger partial charge in [-0.1, -0.05) is 84.4 Å². The van der Waals surface area contributed by atoms with Crippen LogP contribution in [-0.2, 0) is 0 Å². The second kappa shape index (κ2) is 9.97. The van der Waals surface area contributed by atoms with E-state index in [0.717, 1.165) is 16.9 Å².